The first-order valence-electron chi connectivity index (χ1n) is 29.8. The quantitative estimate of drug-likeness (QED) is 0.0261. The third kappa shape index (κ3) is 58.2. The molecule has 1 unspecified atom stereocenters. The fraction of sp³-hybridized carbons (Fsp3) is 0.603. The summed E-state index contributed by atoms with van der Waals surface area (Å²) in [6, 6.07) is 0. The predicted molar refractivity (Wildman–Crippen MR) is 320 cm³/mol. The van der Waals surface area contributed by atoms with Crippen molar-refractivity contribution in [3.63, 3.8) is 0 Å². The van der Waals surface area contributed by atoms with E-state index in [2.05, 4.69) is 167 Å². The Labute approximate surface area is 455 Å². The molecular weight excluding hydrogens is 913 g/mol. The minimum atomic E-state index is -0.808. The zero-order valence-corrected chi connectivity index (χ0v) is 47.5. The van der Waals surface area contributed by atoms with Crippen LogP contribution in [0.2, 0.25) is 0 Å². The second-order valence-electron chi connectivity index (χ2n) is 19.2. The molecule has 0 N–H and O–H groups in total. The van der Waals surface area contributed by atoms with Gasteiger partial charge in [-0.05, 0) is 141 Å². The summed E-state index contributed by atoms with van der Waals surface area (Å²) < 4.78 is 16.8. The summed E-state index contributed by atoms with van der Waals surface area (Å²) in [4.78, 5) is 38.1. The van der Waals surface area contributed by atoms with Gasteiger partial charge in [0.05, 0.1) is 0 Å². The van der Waals surface area contributed by atoms with Gasteiger partial charge in [-0.1, -0.05) is 231 Å². The number of carbonyl (C=O) groups excluding carboxylic acids is 3. The van der Waals surface area contributed by atoms with Gasteiger partial charge in [-0.2, -0.15) is 0 Å². The average molecular weight is 1020 g/mol. The fourth-order valence-electron chi connectivity index (χ4n) is 7.58. The van der Waals surface area contributed by atoms with E-state index in [0.29, 0.717) is 19.3 Å². The normalized spacial score (nSPS) is 13.2. The van der Waals surface area contributed by atoms with E-state index in [0.717, 1.165) is 167 Å². The molecule has 0 saturated carbocycles. The van der Waals surface area contributed by atoms with Gasteiger partial charge in [0.2, 0.25) is 0 Å². The lowest BCUT2D eigenvalue weighted by Crippen LogP contribution is -2.30. The van der Waals surface area contributed by atoms with Crippen molar-refractivity contribution in [1.29, 1.82) is 0 Å². The van der Waals surface area contributed by atoms with Crippen molar-refractivity contribution in [2.75, 3.05) is 13.2 Å². The van der Waals surface area contributed by atoms with Crippen LogP contribution in [0.3, 0.4) is 0 Å². The summed E-state index contributed by atoms with van der Waals surface area (Å²) in [7, 11) is 0. The number of unbranched alkanes of at least 4 members (excludes halogenated alkanes) is 17. The number of rotatable bonds is 52. The molecule has 0 spiro atoms. The molecule has 0 radical (unpaired) electrons. The van der Waals surface area contributed by atoms with Gasteiger partial charge in [0.1, 0.15) is 13.2 Å². The highest BCUT2D eigenvalue weighted by Crippen LogP contribution is 2.13. The van der Waals surface area contributed by atoms with Crippen LogP contribution in [0, 0.1) is 0 Å². The van der Waals surface area contributed by atoms with E-state index in [-0.39, 0.29) is 31.1 Å². The van der Waals surface area contributed by atoms with Crippen LogP contribution >= 0.6 is 0 Å². The summed E-state index contributed by atoms with van der Waals surface area (Å²) in [5.74, 6) is -0.968. The average Bonchev–Trinajstić information content (AvgIpc) is 3.40. The minimum absolute atomic E-state index is 0.104. The summed E-state index contributed by atoms with van der Waals surface area (Å²) in [5.41, 5.74) is 0. The second kappa shape index (κ2) is 60.8. The van der Waals surface area contributed by atoms with Crippen LogP contribution in [0.5, 0.6) is 0 Å². The van der Waals surface area contributed by atoms with E-state index >= 15 is 0 Å². The molecule has 0 aromatic carbocycles. The van der Waals surface area contributed by atoms with Gasteiger partial charge in [0.25, 0.3) is 0 Å². The molecule has 1 atom stereocenters. The first-order valence-corrected chi connectivity index (χ1v) is 29.8. The van der Waals surface area contributed by atoms with Crippen molar-refractivity contribution < 1.29 is 28.6 Å². The van der Waals surface area contributed by atoms with Crippen molar-refractivity contribution in [1.82, 2.24) is 0 Å². The van der Waals surface area contributed by atoms with Gasteiger partial charge in [-0.25, -0.2) is 0 Å². The lowest BCUT2D eigenvalue weighted by Gasteiger charge is -2.18. The highest BCUT2D eigenvalue weighted by molar-refractivity contribution is 5.71. The van der Waals surface area contributed by atoms with Crippen LogP contribution in [0.4, 0.5) is 0 Å². The van der Waals surface area contributed by atoms with E-state index in [1.807, 2.05) is 0 Å². The monoisotopic (exact) mass is 1020 g/mol. The fourth-order valence-corrected chi connectivity index (χ4v) is 7.58. The first-order chi connectivity index (χ1) is 36.5. The molecule has 416 valence electrons. The Morgan fingerprint density at radius 2 is 0.554 bits per heavy atom. The van der Waals surface area contributed by atoms with Crippen molar-refractivity contribution in [3.05, 3.63) is 146 Å². The predicted octanol–water partition coefficient (Wildman–Crippen LogP) is 20.4. The zero-order valence-electron chi connectivity index (χ0n) is 47.5. The Bertz CT molecular complexity index is 1640. The third-order valence-electron chi connectivity index (χ3n) is 12.0. The molecule has 0 saturated heterocycles. The SMILES string of the molecule is CC/C=C\C/C=C\C/C=C\C/C=C\C/C=C\C/C=C\C/C=C\C/C=C\C/C=C\CCCCCC(=O)OCC(COC(=O)CCCCCCC/C=C\CCCCC)OC(=O)CCCCCCC/C=C\C/C=C\CCC. The molecule has 0 bridgehead atoms. The summed E-state index contributed by atoms with van der Waals surface area (Å²) in [6.45, 7) is 6.37. The zero-order chi connectivity index (χ0) is 53.6. The van der Waals surface area contributed by atoms with Crippen LogP contribution in [0.25, 0.3) is 0 Å². The molecule has 6 nitrogen and oxygen atoms in total. The van der Waals surface area contributed by atoms with Crippen molar-refractivity contribution in [3.8, 4) is 0 Å². The lowest BCUT2D eigenvalue weighted by atomic mass is 10.1. The van der Waals surface area contributed by atoms with E-state index in [9.17, 15) is 14.4 Å². The van der Waals surface area contributed by atoms with Crippen LogP contribution in [0.1, 0.15) is 245 Å². The maximum atomic E-state index is 12.8. The van der Waals surface area contributed by atoms with Crippen LogP contribution < -0.4 is 0 Å². The molecule has 0 aliphatic carbocycles. The van der Waals surface area contributed by atoms with Crippen LogP contribution in [-0.2, 0) is 28.6 Å². The number of hydrogen-bond acceptors (Lipinski definition) is 6. The van der Waals surface area contributed by atoms with Crippen molar-refractivity contribution >= 4 is 17.9 Å². The van der Waals surface area contributed by atoms with Gasteiger partial charge >= 0.3 is 17.9 Å². The Morgan fingerprint density at radius 3 is 0.905 bits per heavy atom. The Morgan fingerprint density at radius 1 is 0.284 bits per heavy atom. The second-order valence-corrected chi connectivity index (χ2v) is 19.2. The van der Waals surface area contributed by atoms with E-state index in [1.54, 1.807) is 0 Å². The van der Waals surface area contributed by atoms with Gasteiger partial charge in [-0.15, -0.1) is 0 Å². The molecule has 0 rings (SSSR count). The topological polar surface area (TPSA) is 78.9 Å². The molecule has 0 heterocycles. The lowest BCUT2D eigenvalue weighted by molar-refractivity contribution is -0.167. The largest absolute Gasteiger partial charge is 0.462 e. The number of esters is 3. The molecule has 0 amide bonds. The third-order valence-corrected chi connectivity index (χ3v) is 12.0. The maximum absolute atomic E-state index is 12.8. The Hall–Kier alpha value is -4.71. The molecule has 74 heavy (non-hydrogen) atoms. The molecule has 0 fully saturated rings. The molecule has 6 heteroatoms. The molecular formula is C68H108O6. The highest BCUT2D eigenvalue weighted by Gasteiger charge is 2.19. The Kier molecular flexibility index (Phi) is 57.0. The number of allylic oxidation sites excluding steroid dienone is 24. The van der Waals surface area contributed by atoms with Gasteiger partial charge in [0, 0.05) is 19.3 Å². The molecule has 0 aromatic heterocycles. The van der Waals surface area contributed by atoms with Crippen LogP contribution in [0.15, 0.2) is 146 Å². The Balaban J connectivity index is 4.36. The van der Waals surface area contributed by atoms with Crippen molar-refractivity contribution in [2.45, 2.75) is 252 Å². The maximum Gasteiger partial charge on any atom is 0.306 e. The number of ether oxygens (including phenoxy) is 3. The molecule has 0 aromatic rings. The first kappa shape index (κ1) is 69.3. The van der Waals surface area contributed by atoms with E-state index < -0.39 is 6.10 Å². The standard InChI is InChI=1S/C68H108O6/c1-4-7-10-13-16-19-22-25-26-27-28-29-30-31-32-33-34-35-36-37-38-39-40-41-42-44-46-49-52-55-58-61-67(70)73-64-65(63-72-66(69)60-57-54-51-48-45-24-21-18-15-12-9-6-3)74-68(71)62-59-56-53-50-47-43-23-20-17-14-11-8-5-2/h7,10-11,14,16,18-21,23,25-26,28-29,31-32,34-35,37-38,40-41,44,46,65H,4-6,8-9,12-13,15,17,22,24,27,30,33,36,39,42-43,45,47-64H2,1-3H3/b10-7-,14-11-,19-16-,21-18-,23-20-,26-25-,29-28-,32-31-,35-34-,38-37-,41-40-,46-44-. The number of hydrogen-bond donors (Lipinski definition) is 0. The van der Waals surface area contributed by atoms with Gasteiger partial charge in [-0.3, -0.25) is 14.4 Å². The minimum Gasteiger partial charge on any atom is -0.462 e. The van der Waals surface area contributed by atoms with Crippen molar-refractivity contribution in [2.24, 2.45) is 0 Å². The van der Waals surface area contributed by atoms with E-state index in [4.69, 9.17) is 14.2 Å². The molecule has 0 aliphatic heterocycles. The summed E-state index contributed by atoms with van der Waals surface area (Å²) in [5, 5.41) is 0. The van der Waals surface area contributed by atoms with Gasteiger partial charge in [0.15, 0.2) is 6.10 Å². The van der Waals surface area contributed by atoms with Crippen LogP contribution in [-0.4, -0.2) is 37.2 Å². The number of carbonyl (C=O) groups is 3. The highest BCUT2D eigenvalue weighted by atomic mass is 16.6. The molecule has 0 aliphatic rings. The van der Waals surface area contributed by atoms with E-state index in [1.165, 1.54) is 38.5 Å². The van der Waals surface area contributed by atoms with Gasteiger partial charge < -0.3 is 14.2 Å². The summed E-state index contributed by atoms with van der Waals surface area (Å²) in [6.07, 6.45) is 87.0. The summed E-state index contributed by atoms with van der Waals surface area (Å²) >= 11 is 0. The smallest absolute Gasteiger partial charge is 0.306 e.